The predicted octanol–water partition coefficient (Wildman–Crippen LogP) is 1.12. The Labute approximate surface area is 137 Å². The fourth-order valence-electron chi connectivity index (χ4n) is 3.21. The molecule has 1 aromatic rings. The van der Waals surface area contributed by atoms with Gasteiger partial charge in [0.25, 0.3) is 0 Å². The summed E-state index contributed by atoms with van der Waals surface area (Å²) >= 11 is 0. The van der Waals surface area contributed by atoms with E-state index >= 15 is 0 Å². The van der Waals surface area contributed by atoms with E-state index in [1.807, 2.05) is 0 Å². The van der Waals surface area contributed by atoms with Gasteiger partial charge in [-0.3, -0.25) is 4.79 Å². The van der Waals surface area contributed by atoms with Gasteiger partial charge in [-0.1, -0.05) is 20.8 Å². The number of hydrogen-bond acceptors (Lipinski definition) is 4. The van der Waals surface area contributed by atoms with Crippen LogP contribution in [0.2, 0.25) is 0 Å². The fraction of sp³-hybridized carbons (Fsp3) is 0.765. The fourth-order valence-corrected chi connectivity index (χ4v) is 3.21. The minimum absolute atomic E-state index is 0.0367. The second kappa shape index (κ2) is 5.91. The largest absolute Gasteiger partial charge is 0.381 e. The molecule has 0 aromatic carbocycles. The molecular formula is C17H28N4O2. The number of hydrogen-bond donors (Lipinski definition) is 2. The molecule has 3 rings (SSSR count). The standard InChI is InChI=1S/C17H28N4O2/c1-16(2,3)13-11-21-10-12(4-5-14(21)20-13)19-15(22)17(18)6-8-23-9-7-17/h11-12H,4-10,18H2,1-3H3,(H,19,22). The minimum Gasteiger partial charge on any atom is -0.381 e. The maximum Gasteiger partial charge on any atom is 0.240 e. The highest BCUT2D eigenvalue weighted by molar-refractivity contribution is 5.86. The molecule has 1 unspecified atom stereocenters. The molecule has 2 aliphatic heterocycles. The van der Waals surface area contributed by atoms with Gasteiger partial charge in [-0.2, -0.15) is 0 Å². The Kier molecular flexibility index (Phi) is 4.23. The molecule has 3 N–H and O–H groups in total. The quantitative estimate of drug-likeness (QED) is 0.855. The average molecular weight is 320 g/mol. The maximum atomic E-state index is 12.5. The molecule has 1 aromatic heterocycles. The molecule has 3 heterocycles. The molecule has 1 saturated heterocycles. The number of carbonyl (C=O) groups excluding carboxylic acids is 1. The zero-order chi connectivity index (χ0) is 16.7. The topological polar surface area (TPSA) is 82.2 Å². The normalized spacial score (nSPS) is 24.1. The maximum absolute atomic E-state index is 12.5. The number of nitrogens with one attached hydrogen (secondary N) is 1. The third-order valence-corrected chi connectivity index (χ3v) is 4.93. The first-order valence-corrected chi connectivity index (χ1v) is 8.52. The summed E-state index contributed by atoms with van der Waals surface area (Å²) in [6, 6.07) is 0.125. The Morgan fingerprint density at radius 1 is 1.43 bits per heavy atom. The summed E-state index contributed by atoms with van der Waals surface area (Å²) < 4.78 is 7.50. The van der Waals surface area contributed by atoms with Crippen molar-refractivity contribution in [2.75, 3.05) is 13.2 Å². The van der Waals surface area contributed by atoms with Gasteiger partial charge in [0.15, 0.2) is 0 Å². The lowest BCUT2D eigenvalue weighted by molar-refractivity contribution is -0.130. The van der Waals surface area contributed by atoms with Crippen LogP contribution in [0.25, 0.3) is 0 Å². The van der Waals surface area contributed by atoms with Crippen molar-refractivity contribution in [3.8, 4) is 0 Å². The Bertz CT molecular complexity index is 582. The van der Waals surface area contributed by atoms with Gasteiger partial charge in [-0.15, -0.1) is 0 Å². The van der Waals surface area contributed by atoms with Crippen molar-refractivity contribution in [1.29, 1.82) is 0 Å². The molecule has 1 fully saturated rings. The molecule has 6 nitrogen and oxygen atoms in total. The van der Waals surface area contributed by atoms with E-state index in [0.29, 0.717) is 26.1 Å². The van der Waals surface area contributed by atoms with Crippen molar-refractivity contribution in [1.82, 2.24) is 14.9 Å². The first-order valence-electron chi connectivity index (χ1n) is 8.52. The highest BCUT2D eigenvalue weighted by Gasteiger charge is 2.37. The van der Waals surface area contributed by atoms with Crippen molar-refractivity contribution >= 4 is 5.91 Å². The highest BCUT2D eigenvalue weighted by Crippen LogP contribution is 2.25. The van der Waals surface area contributed by atoms with Crippen LogP contribution in [0.15, 0.2) is 6.20 Å². The summed E-state index contributed by atoms with van der Waals surface area (Å²) in [4.78, 5) is 17.3. The number of amides is 1. The van der Waals surface area contributed by atoms with E-state index in [9.17, 15) is 4.79 Å². The van der Waals surface area contributed by atoms with E-state index in [1.54, 1.807) is 0 Å². The van der Waals surface area contributed by atoms with Gasteiger partial charge in [0.2, 0.25) is 5.91 Å². The van der Waals surface area contributed by atoms with Crippen LogP contribution in [0.3, 0.4) is 0 Å². The number of nitrogens with two attached hydrogens (primary N) is 1. The number of rotatable bonds is 2. The Hall–Kier alpha value is -1.40. The number of carbonyl (C=O) groups is 1. The van der Waals surface area contributed by atoms with Crippen LogP contribution in [-0.2, 0) is 27.9 Å². The molecule has 2 aliphatic rings. The van der Waals surface area contributed by atoms with Crippen molar-refractivity contribution in [2.45, 2.75) is 70.0 Å². The molecule has 1 atom stereocenters. The zero-order valence-electron chi connectivity index (χ0n) is 14.4. The van der Waals surface area contributed by atoms with Crippen LogP contribution in [0, 0.1) is 0 Å². The van der Waals surface area contributed by atoms with Crippen LogP contribution in [0.4, 0.5) is 0 Å². The number of imidazole rings is 1. The molecule has 0 bridgehead atoms. The van der Waals surface area contributed by atoms with Crippen LogP contribution >= 0.6 is 0 Å². The highest BCUT2D eigenvalue weighted by atomic mass is 16.5. The SMILES string of the molecule is CC(C)(C)c1cn2c(n1)CCC(NC(=O)C1(N)CCOCC1)C2. The lowest BCUT2D eigenvalue weighted by Gasteiger charge is -2.34. The first kappa shape index (κ1) is 16.5. The van der Waals surface area contributed by atoms with E-state index in [4.69, 9.17) is 15.5 Å². The molecule has 0 spiro atoms. The monoisotopic (exact) mass is 320 g/mol. The van der Waals surface area contributed by atoms with Gasteiger partial charge in [0, 0.05) is 43.8 Å². The summed E-state index contributed by atoms with van der Waals surface area (Å²) in [7, 11) is 0. The second-order valence-electron chi connectivity index (χ2n) is 7.92. The first-order chi connectivity index (χ1) is 10.8. The molecule has 0 saturated carbocycles. The van der Waals surface area contributed by atoms with Gasteiger partial charge in [-0.25, -0.2) is 4.98 Å². The van der Waals surface area contributed by atoms with Gasteiger partial charge in [0.05, 0.1) is 11.2 Å². The van der Waals surface area contributed by atoms with E-state index in [1.165, 1.54) is 0 Å². The van der Waals surface area contributed by atoms with Crippen molar-refractivity contribution in [3.05, 3.63) is 17.7 Å². The van der Waals surface area contributed by atoms with E-state index in [-0.39, 0.29) is 17.4 Å². The lowest BCUT2D eigenvalue weighted by Crippen LogP contribution is -2.59. The molecule has 0 aliphatic carbocycles. The van der Waals surface area contributed by atoms with Crippen LogP contribution in [0.5, 0.6) is 0 Å². The molecule has 1 amide bonds. The number of fused-ring (bicyclic) bond motifs is 1. The molecule has 6 heteroatoms. The third-order valence-electron chi connectivity index (χ3n) is 4.93. The number of aryl methyl sites for hydroxylation is 1. The Balaban J connectivity index is 1.65. The second-order valence-corrected chi connectivity index (χ2v) is 7.92. The van der Waals surface area contributed by atoms with Crippen molar-refractivity contribution in [2.24, 2.45) is 5.73 Å². The Morgan fingerprint density at radius 2 is 2.13 bits per heavy atom. The Morgan fingerprint density at radius 3 is 2.78 bits per heavy atom. The summed E-state index contributed by atoms with van der Waals surface area (Å²) in [5.41, 5.74) is 6.65. The molecule has 23 heavy (non-hydrogen) atoms. The number of aromatic nitrogens is 2. The minimum atomic E-state index is -0.774. The van der Waals surface area contributed by atoms with E-state index in [0.717, 1.165) is 30.9 Å². The van der Waals surface area contributed by atoms with Gasteiger partial charge in [-0.05, 0) is 19.3 Å². The number of ether oxygens (including phenoxy) is 1. The van der Waals surface area contributed by atoms with E-state index in [2.05, 4.69) is 36.9 Å². The van der Waals surface area contributed by atoms with Gasteiger partial charge in [0.1, 0.15) is 5.82 Å². The van der Waals surface area contributed by atoms with Crippen molar-refractivity contribution < 1.29 is 9.53 Å². The summed E-state index contributed by atoms with van der Waals surface area (Å²) in [5, 5.41) is 3.15. The van der Waals surface area contributed by atoms with Crippen LogP contribution in [0.1, 0.15) is 51.6 Å². The molecular weight excluding hydrogens is 292 g/mol. The van der Waals surface area contributed by atoms with Crippen LogP contribution < -0.4 is 11.1 Å². The molecule has 128 valence electrons. The summed E-state index contributed by atoms with van der Waals surface area (Å²) in [6.07, 6.45) is 5.12. The third kappa shape index (κ3) is 3.43. The van der Waals surface area contributed by atoms with Gasteiger partial charge < -0.3 is 20.4 Å². The number of nitrogens with zero attached hydrogens (tertiary/aromatic N) is 2. The van der Waals surface area contributed by atoms with Crippen LogP contribution in [-0.4, -0.2) is 40.3 Å². The summed E-state index contributed by atoms with van der Waals surface area (Å²) in [5.74, 6) is 1.08. The molecule has 0 radical (unpaired) electrons. The lowest BCUT2D eigenvalue weighted by atomic mass is 9.89. The van der Waals surface area contributed by atoms with Gasteiger partial charge >= 0.3 is 0 Å². The summed E-state index contributed by atoms with van der Waals surface area (Å²) in [6.45, 7) is 8.42. The van der Waals surface area contributed by atoms with Crippen molar-refractivity contribution in [3.63, 3.8) is 0 Å². The average Bonchev–Trinajstić information content (AvgIpc) is 2.91. The predicted molar refractivity (Wildman–Crippen MR) is 88.2 cm³/mol. The smallest absolute Gasteiger partial charge is 0.240 e. The van der Waals surface area contributed by atoms with E-state index < -0.39 is 5.54 Å². The zero-order valence-corrected chi connectivity index (χ0v) is 14.4.